The van der Waals surface area contributed by atoms with Gasteiger partial charge in [-0.15, -0.1) is 0 Å². The average molecular weight is 385 g/mol. The van der Waals surface area contributed by atoms with E-state index in [4.69, 9.17) is 9.47 Å². The van der Waals surface area contributed by atoms with Gasteiger partial charge in [0.05, 0.1) is 17.8 Å². The minimum absolute atomic E-state index is 0.0307. The van der Waals surface area contributed by atoms with Gasteiger partial charge in [0, 0.05) is 12.3 Å². The topological polar surface area (TPSA) is 52.6 Å². The number of rotatable bonds is 0. The molecule has 0 radical (unpaired) electrons. The Hall–Kier alpha value is -1.22. The maximum absolute atomic E-state index is 12.6. The first kappa shape index (κ1) is 18.8. The van der Waals surface area contributed by atoms with E-state index in [1.165, 1.54) is 12.0 Å². The van der Waals surface area contributed by atoms with Gasteiger partial charge in [-0.1, -0.05) is 26.0 Å². The van der Waals surface area contributed by atoms with Crippen molar-refractivity contribution in [2.24, 2.45) is 34.5 Å². The van der Waals surface area contributed by atoms with Crippen LogP contribution < -0.4 is 0 Å². The summed E-state index contributed by atoms with van der Waals surface area (Å²) in [5.74, 6) is 2.80. The molecule has 1 unspecified atom stereocenters. The van der Waals surface area contributed by atoms with Gasteiger partial charge >= 0.3 is 0 Å². The minimum Gasteiger partial charge on any atom is -0.344 e. The van der Waals surface area contributed by atoms with Gasteiger partial charge in [0.2, 0.25) is 0 Å². The molecule has 4 aliphatic carbocycles. The van der Waals surface area contributed by atoms with E-state index in [-0.39, 0.29) is 34.7 Å². The summed E-state index contributed by atoms with van der Waals surface area (Å²) in [6.07, 6.45) is 5.41. The highest BCUT2D eigenvalue weighted by molar-refractivity contribution is 6.03. The number of hydrogen-bond acceptors (Lipinski definition) is 4. The van der Waals surface area contributed by atoms with Crippen molar-refractivity contribution in [1.29, 1.82) is 0 Å². The quantitative estimate of drug-likeness (QED) is 0.356. The fourth-order valence-electron chi connectivity index (χ4n) is 7.91. The molecule has 5 aliphatic rings. The third-order valence-electron chi connectivity index (χ3n) is 9.34. The molecule has 0 aromatic carbocycles. The van der Waals surface area contributed by atoms with E-state index in [0.29, 0.717) is 36.2 Å². The molecule has 5 rings (SSSR count). The number of fused-ring (bicyclic) bond motifs is 8. The van der Waals surface area contributed by atoms with E-state index in [1.54, 1.807) is 0 Å². The van der Waals surface area contributed by atoms with Gasteiger partial charge in [0.25, 0.3) is 0 Å². The number of allylic oxidation sites excluding steroid dienone is 2. The Bertz CT molecular complexity index is 805. The number of carbonyl (C=O) groups is 1. The Morgan fingerprint density at radius 2 is 1.75 bits per heavy atom. The lowest BCUT2D eigenvalue weighted by molar-refractivity contribution is -0.169. The molecular formula is C24H32O4. The normalized spacial score (nSPS) is 51.8. The summed E-state index contributed by atoms with van der Waals surface area (Å²) < 4.78 is 13.0. The summed E-state index contributed by atoms with van der Waals surface area (Å²) in [5, 5.41) is 0. The highest BCUT2D eigenvalue weighted by atomic mass is 16.8. The van der Waals surface area contributed by atoms with Gasteiger partial charge in [0.15, 0.2) is 11.6 Å². The summed E-state index contributed by atoms with van der Waals surface area (Å²) >= 11 is 0. The zero-order valence-electron chi connectivity index (χ0n) is 17.5. The second kappa shape index (κ2) is 5.68. The molecule has 4 heteroatoms. The predicted molar refractivity (Wildman–Crippen MR) is 105 cm³/mol. The van der Waals surface area contributed by atoms with E-state index in [1.807, 2.05) is 19.8 Å². The summed E-state index contributed by atoms with van der Waals surface area (Å²) in [7, 11) is 0. The maximum atomic E-state index is 12.6. The van der Waals surface area contributed by atoms with Crippen LogP contribution in [0.4, 0.5) is 0 Å². The van der Waals surface area contributed by atoms with Crippen LogP contribution in [0.5, 0.6) is 0 Å². The second-order valence-corrected chi connectivity index (χ2v) is 11.0. The van der Waals surface area contributed by atoms with Gasteiger partial charge in [-0.3, -0.25) is 4.79 Å². The van der Waals surface area contributed by atoms with Crippen molar-refractivity contribution in [1.82, 2.24) is 0 Å². The van der Waals surface area contributed by atoms with Crippen LogP contribution in [0.3, 0.4) is 0 Å². The van der Waals surface area contributed by atoms with Crippen molar-refractivity contribution >= 4 is 11.7 Å². The minimum atomic E-state index is -0.627. The Kier molecular flexibility index (Phi) is 3.81. The predicted octanol–water partition coefficient (Wildman–Crippen LogP) is 4.26. The van der Waals surface area contributed by atoms with E-state index in [9.17, 15) is 9.59 Å². The van der Waals surface area contributed by atoms with Crippen LogP contribution in [0.1, 0.15) is 66.2 Å². The smallest absolute Gasteiger partial charge is 0.170 e. The Morgan fingerprint density at radius 3 is 2.46 bits per heavy atom. The summed E-state index contributed by atoms with van der Waals surface area (Å²) in [6, 6.07) is 0. The van der Waals surface area contributed by atoms with E-state index in [2.05, 4.69) is 20.4 Å². The first-order valence-corrected chi connectivity index (χ1v) is 10.9. The molecule has 8 atom stereocenters. The van der Waals surface area contributed by atoms with Crippen LogP contribution in [-0.4, -0.2) is 29.7 Å². The number of Topliss-reactive ketones (excluding diaryl/α,β-unsaturated/α-hetero) is 1. The Morgan fingerprint density at radius 1 is 1.04 bits per heavy atom. The van der Waals surface area contributed by atoms with Gasteiger partial charge in [0.1, 0.15) is 5.94 Å². The highest BCUT2D eigenvalue weighted by Crippen LogP contribution is 2.69. The molecule has 0 N–H and O–H groups in total. The molecule has 4 nitrogen and oxygen atoms in total. The van der Waals surface area contributed by atoms with Crippen molar-refractivity contribution in [3.63, 3.8) is 0 Å². The second-order valence-electron chi connectivity index (χ2n) is 11.0. The monoisotopic (exact) mass is 384 g/mol. The molecule has 0 spiro atoms. The molecule has 1 saturated heterocycles. The fourth-order valence-corrected chi connectivity index (χ4v) is 7.91. The Labute approximate surface area is 167 Å². The molecule has 28 heavy (non-hydrogen) atoms. The lowest BCUT2D eigenvalue weighted by Crippen LogP contribution is -2.63. The van der Waals surface area contributed by atoms with Crippen molar-refractivity contribution in [2.45, 2.75) is 84.2 Å². The van der Waals surface area contributed by atoms with Crippen molar-refractivity contribution in [3.05, 3.63) is 17.7 Å². The Balaban J connectivity index is 1.63. The first-order chi connectivity index (χ1) is 13.1. The molecule has 0 bridgehead atoms. The summed E-state index contributed by atoms with van der Waals surface area (Å²) in [5.41, 5.74) is 1.82. The van der Waals surface area contributed by atoms with Crippen LogP contribution in [-0.2, 0) is 19.1 Å². The van der Waals surface area contributed by atoms with Crippen LogP contribution in [0, 0.1) is 34.5 Å². The third kappa shape index (κ3) is 2.26. The van der Waals surface area contributed by atoms with Crippen LogP contribution >= 0.6 is 0 Å². The molecular weight excluding hydrogens is 352 g/mol. The zero-order chi connectivity index (χ0) is 20.1. The lowest BCUT2D eigenvalue weighted by atomic mass is 9.43. The van der Waals surface area contributed by atoms with Crippen LogP contribution in [0.15, 0.2) is 17.7 Å². The van der Waals surface area contributed by atoms with Crippen molar-refractivity contribution in [2.75, 3.05) is 0 Å². The van der Waals surface area contributed by atoms with Gasteiger partial charge in [-0.2, -0.15) is 0 Å². The zero-order valence-corrected chi connectivity index (χ0v) is 17.5. The maximum Gasteiger partial charge on any atom is 0.170 e. The standard InChI is InChI=1S/C24H32O4/c1-13-6-7-15-19-16(8-9-23(13,15)4)24(5)11-14(12-25)18(26)10-17(24)20-21(19)28-22(2,3)27-20/h15-17,19-21H,1,6-11H2,2-5H3/t15-,16-,17+,19?,20+,21+,23+,24+/m0/s1. The molecule has 0 amide bonds. The molecule has 0 aromatic heterocycles. The van der Waals surface area contributed by atoms with Crippen LogP contribution in [0.2, 0.25) is 0 Å². The third-order valence-corrected chi connectivity index (χ3v) is 9.34. The van der Waals surface area contributed by atoms with Crippen molar-refractivity contribution < 1.29 is 19.1 Å². The largest absolute Gasteiger partial charge is 0.344 e. The lowest BCUT2D eigenvalue weighted by Gasteiger charge is -2.62. The number of hydrogen-bond donors (Lipinski definition) is 0. The van der Waals surface area contributed by atoms with Gasteiger partial charge < -0.3 is 9.47 Å². The molecule has 5 fully saturated rings. The molecule has 152 valence electrons. The molecule has 0 aromatic rings. The van der Waals surface area contributed by atoms with E-state index in [0.717, 1.165) is 19.3 Å². The number of ketones is 1. The van der Waals surface area contributed by atoms with E-state index < -0.39 is 5.79 Å². The molecule has 1 heterocycles. The summed E-state index contributed by atoms with van der Waals surface area (Å²) in [6.45, 7) is 13.1. The van der Waals surface area contributed by atoms with Crippen LogP contribution in [0.25, 0.3) is 0 Å². The summed E-state index contributed by atoms with van der Waals surface area (Å²) in [4.78, 5) is 24.1. The SMILES string of the molecule is C=C1CC[C@H]2C3[C@H]4OC(C)(C)O[C@@H]4[C@H]4CC(=O)C(=C=O)C[C@]4(C)[C@H]3CC[C@]12C. The molecule has 4 saturated carbocycles. The highest BCUT2D eigenvalue weighted by Gasteiger charge is 2.68. The van der Waals surface area contributed by atoms with E-state index >= 15 is 0 Å². The number of carbonyl (C=O) groups excluding carboxylic acids is 2. The first-order valence-electron chi connectivity index (χ1n) is 10.9. The van der Waals surface area contributed by atoms with Crippen molar-refractivity contribution in [3.8, 4) is 0 Å². The fraction of sp³-hybridized carbons (Fsp3) is 0.792. The molecule has 1 aliphatic heterocycles. The number of ether oxygens (including phenoxy) is 2. The van der Waals surface area contributed by atoms with Gasteiger partial charge in [-0.05, 0) is 74.5 Å². The average Bonchev–Trinajstić information content (AvgIpc) is 3.11. The van der Waals surface area contributed by atoms with Gasteiger partial charge in [-0.25, -0.2) is 4.79 Å².